The fraction of sp³-hybridized carbons (Fsp3) is 0.429. The maximum atomic E-state index is 12.5. The summed E-state index contributed by atoms with van der Waals surface area (Å²) in [4.78, 5) is 20.3. The van der Waals surface area contributed by atoms with Crippen LogP contribution in [0.3, 0.4) is 0 Å². The second kappa shape index (κ2) is 11.2. The minimum Gasteiger partial charge on any atom is -0.493 e. The van der Waals surface area contributed by atoms with Crippen LogP contribution in [0.2, 0.25) is 0 Å². The number of aryl methyl sites for hydroxylation is 1. The average Bonchev–Trinajstić information content (AvgIpc) is 3.39. The number of carbonyl (C=O) groups is 1. The highest BCUT2D eigenvalue weighted by atomic mass is 32.1. The molecule has 0 aliphatic rings. The van der Waals surface area contributed by atoms with Crippen molar-refractivity contribution in [3.8, 4) is 21.4 Å². The lowest BCUT2D eigenvalue weighted by Gasteiger charge is -2.19. The number of amides is 1. The molecule has 0 saturated carbocycles. The van der Waals surface area contributed by atoms with Crippen LogP contribution in [0, 0.1) is 6.92 Å². The quantitative estimate of drug-likeness (QED) is 0.463. The highest BCUT2D eigenvalue weighted by Gasteiger charge is 2.14. The highest BCUT2D eigenvalue weighted by molar-refractivity contribution is 7.18. The third-order valence-corrected chi connectivity index (χ3v) is 6.62. The normalized spacial score (nSPS) is 11.0. The van der Waals surface area contributed by atoms with Gasteiger partial charge in [0.15, 0.2) is 11.5 Å². The number of likely N-dealkylation sites (N-methyl/N-ethyl adjacent to an activating group) is 1. The molecule has 3 aromatic rings. The van der Waals surface area contributed by atoms with E-state index in [-0.39, 0.29) is 12.3 Å². The number of thiazole rings is 1. The molecule has 0 atom stereocenters. The smallest absolute Gasteiger partial charge is 0.230 e. The molecular weight excluding hydrogens is 434 g/mol. The summed E-state index contributed by atoms with van der Waals surface area (Å²) in [7, 11) is 1.60. The van der Waals surface area contributed by atoms with Crippen molar-refractivity contribution in [1.29, 1.82) is 0 Å². The van der Waals surface area contributed by atoms with Gasteiger partial charge in [-0.2, -0.15) is 0 Å². The number of aromatic nitrogens is 3. The van der Waals surface area contributed by atoms with Crippen LogP contribution in [-0.2, 0) is 11.2 Å². The molecule has 31 heavy (non-hydrogen) atoms. The minimum atomic E-state index is -0.143. The molecule has 8 nitrogen and oxygen atoms in total. The topological polar surface area (TPSA) is 89.5 Å². The van der Waals surface area contributed by atoms with Crippen molar-refractivity contribution >= 4 is 34.5 Å². The number of rotatable bonds is 11. The number of nitrogens with zero attached hydrogens (tertiary/aromatic N) is 4. The van der Waals surface area contributed by atoms with Gasteiger partial charge in [-0.05, 0) is 43.7 Å². The van der Waals surface area contributed by atoms with Gasteiger partial charge >= 0.3 is 0 Å². The molecule has 1 N–H and O–H groups in total. The van der Waals surface area contributed by atoms with Crippen LogP contribution in [0.5, 0.6) is 11.5 Å². The highest BCUT2D eigenvalue weighted by Crippen LogP contribution is 2.31. The van der Waals surface area contributed by atoms with Crippen LogP contribution < -0.4 is 14.8 Å². The Hall–Kier alpha value is -2.56. The predicted molar refractivity (Wildman–Crippen MR) is 124 cm³/mol. The van der Waals surface area contributed by atoms with Gasteiger partial charge in [-0.25, -0.2) is 4.98 Å². The molecule has 1 amide bonds. The van der Waals surface area contributed by atoms with Crippen LogP contribution in [-0.4, -0.2) is 58.7 Å². The largest absolute Gasteiger partial charge is 0.493 e. The minimum absolute atomic E-state index is 0.143. The van der Waals surface area contributed by atoms with Crippen molar-refractivity contribution in [3.63, 3.8) is 0 Å². The summed E-state index contributed by atoms with van der Waals surface area (Å²) in [6.45, 7) is 9.48. The van der Waals surface area contributed by atoms with Crippen molar-refractivity contribution in [2.75, 3.05) is 38.7 Å². The van der Waals surface area contributed by atoms with E-state index < -0.39 is 0 Å². The molecule has 2 aromatic heterocycles. The molecule has 3 rings (SSSR count). The maximum Gasteiger partial charge on any atom is 0.230 e. The van der Waals surface area contributed by atoms with E-state index in [4.69, 9.17) is 9.47 Å². The summed E-state index contributed by atoms with van der Waals surface area (Å²) in [6.07, 6.45) is 0.186. The van der Waals surface area contributed by atoms with Crippen LogP contribution in [0.25, 0.3) is 9.88 Å². The SMILES string of the molecule is CCN(CC)CCOc1cc(NC(=O)Cc2csc(-c3snnc3C)n2)ccc1OC. The first-order chi connectivity index (χ1) is 15.0. The first kappa shape index (κ1) is 23.1. The molecule has 0 aliphatic carbocycles. The molecule has 0 unspecified atom stereocenters. The molecular formula is C21H27N5O3S2. The van der Waals surface area contributed by atoms with E-state index in [1.807, 2.05) is 12.3 Å². The Labute approximate surface area is 190 Å². The van der Waals surface area contributed by atoms with Crippen LogP contribution in [0.4, 0.5) is 5.69 Å². The summed E-state index contributed by atoms with van der Waals surface area (Å²) in [5, 5.41) is 9.66. The monoisotopic (exact) mass is 461 g/mol. The fourth-order valence-electron chi connectivity index (χ4n) is 2.98. The van der Waals surface area contributed by atoms with E-state index >= 15 is 0 Å². The molecule has 0 saturated heterocycles. The first-order valence-corrected chi connectivity index (χ1v) is 11.8. The van der Waals surface area contributed by atoms with Gasteiger partial charge in [0.1, 0.15) is 16.5 Å². The molecule has 166 valence electrons. The number of nitrogens with one attached hydrogen (secondary N) is 1. The van der Waals surface area contributed by atoms with E-state index in [0.29, 0.717) is 23.8 Å². The van der Waals surface area contributed by atoms with Gasteiger partial charge in [0.05, 0.1) is 24.9 Å². The Kier molecular flexibility index (Phi) is 8.33. The van der Waals surface area contributed by atoms with Gasteiger partial charge in [-0.1, -0.05) is 18.3 Å². The number of carbonyl (C=O) groups excluding carboxylic acids is 1. The van der Waals surface area contributed by atoms with E-state index in [2.05, 4.69) is 38.6 Å². The van der Waals surface area contributed by atoms with E-state index in [1.165, 1.54) is 22.9 Å². The standard InChI is InChI=1S/C21H27N5O3S2/c1-5-26(6-2)9-10-29-18-11-15(7-8-17(18)28-4)22-19(27)12-16-13-30-21(23-16)20-14(3)24-25-31-20/h7-8,11,13H,5-6,9-10,12H2,1-4H3,(H,22,27). The summed E-state index contributed by atoms with van der Waals surface area (Å²) in [6, 6.07) is 5.38. The summed E-state index contributed by atoms with van der Waals surface area (Å²) < 4.78 is 15.3. The molecule has 0 aliphatic heterocycles. The third kappa shape index (κ3) is 6.22. The number of anilines is 1. The number of hydrogen-bond acceptors (Lipinski definition) is 9. The lowest BCUT2D eigenvalue weighted by molar-refractivity contribution is -0.115. The lowest BCUT2D eigenvalue weighted by atomic mass is 10.2. The fourth-order valence-corrected chi connectivity index (χ4v) is 4.59. The van der Waals surface area contributed by atoms with Crippen molar-refractivity contribution in [2.45, 2.75) is 27.2 Å². The second-order valence-electron chi connectivity index (χ2n) is 6.80. The first-order valence-electron chi connectivity index (χ1n) is 10.1. The number of methoxy groups -OCH3 is 1. The molecule has 0 fully saturated rings. The Morgan fingerprint density at radius 3 is 2.71 bits per heavy atom. The average molecular weight is 462 g/mol. The van der Waals surface area contributed by atoms with Crippen molar-refractivity contribution in [1.82, 2.24) is 19.5 Å². The number of ether oxygens (including phenoxy) is 2. The van der Waals surface area contributed by atoms with Gasteiger partial charge in [0.2, 0.25) is 5.91 Å². The Balaban J connectivity index is 1.60. The van der Waals surface area contributed by atoms with Crippen LogP contribution >= 0.6 is 22.9 Å². The van der Waals surface area contributed by atoms with E-state index in [1.54, 1.807) is 25.3 Å². The number of hydrogen-bond donors (Lipinski definition) is 1. The predicted octanol–water partition coefficient (Wildman–Crippen LogP) is 3.88. The lowest BCUT2D eigenvalue weighted by Crippen LogP contribution is -2.28. The van der Waals surface area contributed by atoms with Gasteiger partial charge in [-0.15, -0.1) is 16.4 Å². The number of benzene rings is 1. The zero-order valence-corrected chi connectivity index (χ0v) is 19.8. The molecule has 0 bridgehead atoms. The maximum absolute atomic E-state index is 12.5. The van der Waals surface area contributed by atoms with Crippen LogP contribution in [0.15, 0.2) is 23.6 Å². The van der Waals surface area contributed by atoms with Crippen LogP contribution in [0.1, 0.15) is 25.2 Å². The van der Waals surface area contributed by atoms with Gasteiger partial charge in [-0.3, -0.25) is 4.79 Å². The van der Waals surface area contributed by atoms with E-state index in [0.717, 1.165) is 40.9 Å². The zero-order valence-electron chi connectivity index (χ0n) is 18.2. The third-order valence-electron chi connectivity index (χ3n) is 4.75. The Morgan fingerprint density at radius 1 is 1.23 bits per heavy atom. The Bertz CT molecular complexity index is 1000. The molecule has 0 radical (unpaired) electrons. The van der Waals surface area contributed by atoms with Crippen molar-refractivity contribution in [3.05, 3.63) is 35.0 Å². The molecule has 10 heteroatoms. The van der Waals surface area contributed by atoms with Crippen molar-refractivity contribution < 1.29 is 14.3 Å². The Morgan fingerprint density at radius 2 is 2.03 bits per heavy atom. The molecule has 0 spiro atoms. The summed E-state index contributed by atoms with van der Waals surface area (Å²) in [5.74, 6) is 1.10. The van der Waals surface area contributed by atoms with Gasteiger partial charge in [0, 0.05) is 23.7 Å². The van der Waals surface area contributed by atoms with Gasteiger partial charge in [0.25, 0.3) is 0 Å². The summed E-state index contributed by atoms with van der Waals surface area (Å²) >= 11 is 2.80. The van der Waals surface area contributed by atoms with E-state index in [9.17, 15) is 4.79 Å². The second-order valence-corrected chi connectivity index (χ2v) is 8.41. The van der Waals surface area contributed by atoms with Crippen molar-refractivity contribution in [2.24, 2.45) is 0 Å². The molecule has 2 heterocycles. The zero-order chi connectivity index (χ0) is 22.2. The van der Waals surface area contributed by atoms with Gasteiger partial charge < -0.3 is 19.7 Å². The summed E-state index contributed by atoms with van der Waals surface area (Å²) in [5.41, 5.74) is 2.22. The molecule has 1 aromatic carbocycles.